The third-order valence-corrected chi connectivity index (χ3v) is 4.37. The van der Waals surface area contributed by atoms with Gasteiger partial charge in [-0.2, -0.15) is 0 Å². The van der Waals surface area contributed by atoms with Crippen molar-refractivity contribution in [3.63, 3.8) is 0 Å². The topological polar surface area (TPSA) is 52.6 Å². The van der Waals surface area contributed by atoms with E-state index in [-0.39, 0.29) is 18.2 Å². The number of likely N-dealkylation sites (N-methyl/N-ethyl adjacent to an activating group) is 1. The zero-order valence-electron chi connectivity index (χ0n) is 15.8. The van der Waals surface area contributed by atoms with E-state index in [0.717, 1.165) is 12.1 Å². The molecule has 2 rings (SSSR count). The molecular formula is C21H26ClN3O2. The molecular weight excluding hydrogens is 362 g/mol. The largest absolute Gasteiger partial charge is 0.352 e. The van der Waals surface area contributed by atoms with E-state index in [2.05, 4.69) is 5.32 Å². The standard InChI is InChI=1S/C21H26ClN3O2/c1-24(2)14-15-25(16-17-8-10-19(22)11-9-17)20(26)12-13-23-21(27)18-6-4-3-5-7-18/h3-11H,12-16H2,1-2H3,(H,23,27). The second-order valence-electron chi connectivity index (χ2n) is 6.62. The molecule has 0 saturated carbocycles. The van der Waals surface area contributed by atoms with Crippen molar-refractivity contribution in [1.82, 2.24) is 15.1 Å². The molecule has 5 nitrogen and oxygen atoms in total. The van der Waals surface area contributed by atoms with E-state index in [1.165, 1.54) is 0 Å². The zero-order valence-corrected chi connectivity index (χ0v) is 16.6. The fraction of sp³-hybridized carbons (Fsp3) is 0.333. The van der Waals surface area contributed by atoms with Crippen molar-refractivity contribution in [2.75, 3.05) is 33.7 Å². The fourth-order valence-corrected chi connectivity index (χ4v) is 2.68. The summed E-state index contributed by atoms with van der Waals surface area (Å²) in [6, 6.07) is 16.5. The van der Waals surface area contributed by atoms with Crippen LogP contribution in [0.1, 0.15) is 22.3 Å². The Hall–Kier alpha value is -2.37. The number of nitrogens with zero attached hydrogens (tertiary/aromatic N) is 2. The molecule has 0 atom stereocenters. The predicted molar refractivity (Wildman–Crippen MR) is 109 cm³/mol. The van der Waals surface area contributed by atoms with Gasteiger partial charge in [-0.1, -0.05) is 41.9 Å². The summed E-state index contributed by atoms with van der Waals surface area (Å²) in [6.45, 7) is 2.24. The van der Waals surface area contributed by atoms with E-state index in [1.807, 2.05) is 66.4 Å². The Balaban J connectivity index is 1.90. The van der Waals surface area contributed by atoms with Crippen molar-refractivity contribution >= 4 is 23.4 Å². The highest BCUT2D eigenvalue weighted by molar-refractivity contribution is 6.30. The van der Waals surface area contributed by atoms with Crippen LogP contribution in [0.3, 0.4) is 0 Å². The summed E-state index contributed by atoms with van der Waals surface area (Å²) < 4.78 is 0. The van der Waals surface area contributed by atoms with Crippen LogP contribution in [-0.4, -0.2) is 55.3 Å². The third kappa shape index (κ3) is 7.41. The maximum absolute atomic E-state index is 12.7. The third-order valence-electron chi connectivity index (χ3n) is 4.12. The number of amides is 2. The first-order chi connectivity index (χ1) is 13.0. The summed E-state index contributed by atoms with van der Waals surface area (Å²) in [7, 11) is 3.95. The number of benzene rings is 2. The molecule has 144 valence electrons. The summed E-state index contributed by atoms with van der Waals surface area (Å²) >= 11 is 5.93. The van der Waals surface area contributed by atoms with Gasteiger partial charge in [0.1, 0.15) is 0 Å². The van der Waals surface area contributed by atoms with Gasteiger partial charge in [-0.25, -0.2) is 0 Å². The summed E-state index contributed by atoms with van der Waals surface area (Å²) in [5.41, 5.74) is 1.62. The number of nitrogens with one attached hydrogen (secondary N) is 1. The molecule has 2 aromatic rings. The molecule has 0 aliphatic heterocycles. The molecule has 0 radical (unpaired) electrons. The normalized spacial score (nSPS) is 10.7. The molecule has 1 N–H and O–H groups in total. The molecule has 2 aromatic carbocycles. The van der Waals surface area contributed by atoms with Gasteiger partial charge in [0.15, 0.2) is 0 Å². The van der Waals surface area contributed by atoms with Crippen LogP contribution in [-0.2, 0) is 11.3 Å². The zero-order chi connectivity index (χ0) is 19.6. The molecule has 2 amide bonds. The minimum Gasteiger partial charge on any atom is -0.352 e. The first kappa shape index (κ1) is 20.9. The van der Waals surface area contributed by atoms with Crippen molar-refractivity contribution in [3.8, 4) is 0 Å². The highest BCUT2D eigenvalue weighted by Crippen LogP contribution is 2.12. The van der Waals surface area contributed by atoms with Crippen LogP contribution in [0.4, 0.5) is 0 Å². The highest BCUT2D eigenvalue weighted by Gasteiger charge is 2.15. The first-order valence-electron chi connectivity index (χ1n) is 8.96. The quantitative estimate of drug-likeness (QED) is 0.719. The molecule has 0 unspecified atom stereocenters. The van der Waals surface area contributed by atoms with Gasteiger partial charge >= 0.3 is 0 Å². The maximum atomic E-state index is 12.7. The SMILES string of the molecule is CN(C)CCN(Cc1ccc(Cl)cc1)C(=O)CCNC(=O)c1ccccc1. The molecule has 6 heteroatoms. The summed E-state index contributed by atoms with van der Waals surface area (Å²) in [6.07, 6.45) is 0.263. The van der Waals surface area contributed by atoms with E-state index in [9.17, 15) is 9.59 Å². The van der Waals surface area contributed by atoms with Crippen LogP contribution in [0.2, 0.25) is 5.02 Å². The number of carbonyl (C=O) groups excluding carboxylic acids is 2. The van der Waals surface area contributed by atoms with Gasteiger partial charge in [0, 0.05) is 43.2 Å². The molecule has 0 saturated heterocycles. The predicted octanol–water partition coefficient (Wildman–Crippen LogP) is 3.05. The Morgan fingerprint density at radius 1 is 0.963 bits per heavy atom. The molecule has 0 fully saturated rings. The van der Waals surface area contributed by atoms with Gasteiger partial charge in [-0.05, 0) is 43.9 Å². The van der Waals surface area contributed by atoms with Gasteiger partial charge in [-0.15, -0.1) is 0 Å². The van der Waals surface area contributed by atoms with E-state index < -0.39 is 0 Å². The van der Waals surface area contributed by atoms with Crippen molar-refractivity contribution in [3.05, 3.63) is 70.7 Å². The monoisotopic (exact) mass is 387 g/mol. The van der Waals surface area contributed by atoms with Crippen LogP contribution in [0.15, 0.2) is 54.6 Å². The van der Waals surface area contributed by atoms with Crippen LogP contribution in [0, 0.1) is 0 Å². The first-order valence-corrected chi connectivity index (χ1v) is 9.33. The van der Waals surface area contributed by atoms with Gasteiger partial charge in [0.05, 0.1) is 0 Å². The molecule has 0 aliphatic rings. The van der Waals surface area contributed by atoms with Crippen LogP contribution >= 0.6 is 11.6 Å². The molecule has 0 heterocycles. The second kappa shape index (κ2) is 10.7. The minimum atomic E-state index is -0.166. The average molecular weight is 388 g/mol. The number of hydrogen-bond donors (Lipinski definition) is 1. The Bertz CT molecular complexity index is 733. The second-order valence-corrected chi connectivity index (χ2v) is 7.05. The van der Waals surface area contributed by atoms with Gasteiger partial charge in [0.25, 0.3) is 5.91 Å². The minimum absolute atomic E-state index is 0.0140. The number of hydrogen-bond acceptors (Lipinski definition) is 3. The summed E-state index contributed by atoms with van der Waals surface area (Å²) in [5.74, 6) is -0.152. The van der Waals surface area contributed by atoms with E-state index in [0.29, 0.717) is 30.2 Å². The number of halogens is 1. The van der Waals surface area contributed by atoms with Crippen molar-refractivity contribution in [2.24, 2.45) is 0 Å². The van der Waals surface area contributed by atoms with E-state index in [1.54, 1.807) is 12.1 Å². The Morgan fingerprint density at radius 2 is 1.63 bits per heavy atom. The lowest BCUT2D eigenvalue weighted by atomic mass is 10.2. The molecule has 27 heavy (non-hydrogen) atoms. The maximum Gasteiger partial charge on any atom is 0.251 e. The van der Waals surface area contributed by atoms with Gasteiger partial charge < -0.3 is 15.1 Å². The number of rotatable bonds is 9. The van der Waals surface area contributed by atoms with Crippen molar-refractivity contribution < 1.29 is 9.59 Å². The Kier molecular flexibility index (Phi) is 8.30. The van der Waals surface area contributed by atoms with Crippen molar-refractivity contribution in [2.45, 2.75) is 13.0 Å². The molecule has 0 spiro atoms. The lowest BCUT2D eigenvalue weighted by Gasteiger charge is -2.25. The molecule has 0 aliphatic carbocycles. The summed E-state index contributed by atoms with van der Waals surface area (Å²) in [4.78, 5) is 28.6. The van der Waals surface area contributed by atoms with Crippen LogP contribution in [0.25, 0.3) is 0 Å². The van der Waals surface area contributed by atoms with Crippen molar-refractivity contribution in [1.29, 1.82) is 0 Å². The Morgan fingerprint density at radius 3 is 2.26 bits per heavy atom. The lowest BCUT2D eigenvalue weighted by Crippen LogP contribution is -2.38. The lowest BCUT2D eigenvalue weighted by molar-refractivity contribution is -0.131. The van der Waals surface area contributed by atoms with Gasteiger partial charge in [-0.3, -0.25) is 9.59 Å². The Labute approximate surface area is 165 Å². The highest BCUT2D eigenvalue weighted by atomic mass is 35.5. The van der Waals surface area contributed by atoms with Crippen LogP contribution < -0.4 is 5.32 Å². The number of carbonyl (C=O) groups is 2. The average Bonchev–Trinajstić information content (AvgIpc) is 2.67. The molecule has 0 aromatic heterocycles. The smallest absolute Gasteiger partial charge is 0.251 e. The van der Waals surface area contributed by atoms with E-state index >= 15 is 0 Å². The molecule has 0 bridgehead atoms. The van der Waals surface area contributed by atoms with Gasteiger partial charge in [0.2, 0.25) is 5.91 Å². The fourth-order valence-electron chi connectivity index (χ4n) is 2.56. The van der Waals surface area contributed by atoms with Crippen LogP contribution in [0.5, 0.6) is 0 Å². The summed E-state index contributed by atoms with van der Waals surface area (Å²) in [5, 5.41) is 3.48. The van der Waals surface area contributed by atoms with E-state index in [4.69, 9.17) is 11.6 Å².